The predicted molar refractivity (Wildman–Crippen MR) is 131 cm³/mol. The first-order valence-electron chi connectivity index (χ1n) is 10.3. The van der Waals surface area contributed by atoms with Crippen LogP contribution >= 0.6 is 22.7 Å². The van der Waals surface area contributed by atoms with Crippen LogP contribution in [0.4, 0.5) is 5.13 Å². The first-order chi connectivity index (χ1) is 16.0. The van der Waals surface area contributed by atoms with Crippen LogP contribution < -0.4 is 10.9 Å². The third-order valence-corrected chi connectivity index (χ3v) is 6.87. The quantitative estimate of drug-likeness (QED) is 0.376. The number of hydrogen-bond acceptors (Lipinski definition) is 7. The number of anilines is 1. The van der Waals surface area contributed by atoms with Crippen LogP contribution in [0.3, 0.4) is 0 Å². The van der Waals surface area contributed by atoms with E-state index in [9.17, 15) is 9.59 Å². The minimum Gasteiger partial charge on any atom is -0.310 e. The van der Waals surface area contributed by atoms with Gasteiger partial charge in [0.1, 0.15) is 11.2 Å². The van der Waals surface area contributed by atoms with Gasteiger partial charge in [0.05, 0.1) is 17.6 Å². The molecule has 0 aliphatic rings. The van der Waals surface area contributed by atoms with Crippen molar-refractivity contribution in [3.8, 4) is 16.9 Å². The average Bonchev–Trinajstić information content (AvgIpc) is 3.51. The number of rotatable bonds is 6. The summed E-state index contributed by atoms with van der Waals surface area (Å²) in [5.74, 6) is 0.248. The lowest BCUT2D eigenvalue weighted by atomic mass is 10.2. The molecule has 2 N–H and O–H groups in total. The van der Waals surface area contributed by atoms with Crippen LogP contribution in [0.2, 0.25) is 0 Å². The lowest BCUT2D eigenvalue weighted by molar-refractivity contribution is -0.116. The summed E-state index contributed by atoms with van der Waals surface area (Å²) in [5.41, 5.74) is 2.96. The number of fused-ring (bicyclic) bond motifs is 1. The van der Waals surface area contributed by atoms with Crippen LogP contribution in [0, 0.1) is 13.8 Å². The molecule has 5 rings (SSSR count). The molecule has 0 fully saturated rings. The van der Waals surface area contributed by atoms with E-state index >= 15 is 0 Å². The molecule has 0 aliphatic carbocycles. The van der Waals surface area contributed by atoms with Crippen molar-refractivity contribution in [2.24, 2.45) is 0 Å². The van der Waals surface area contributed by atoms with E-state index in [1.807, 2.05) is 35.7 Å². The molecule has 0 bridgehead atoms. The maximum Gasteiger partial charge on any atom is 0.262 e. The number of thiazole rings is 1. The molecule has 10 heteroatoms. The van der Waals surface area contributed by atoms with E-state index in [0.29, 0.717) is 22.0 Å². The third kappa shape index (κ3) is 4.35. The number of aromatic nitrogens is 5. The number of H-pyrrole nitrogens is 1. The molecule has 0 unspecified atom stereocenters. The summed E-state index contributed by atoms with van der Waals surface area (Å²) >= 11 is 3.12. The number of amides is 1. The summed E-state index contributed by atoms with van der Waals surface area (Å²) in [7, 11) is 0. The number of benzene rings is 1. The summed E-state index contributed by atoms with van der Waals surface area (Å²) in [6.45, 7) is 4.14. The molecule has 1 amide bonds. The topological polar surface area (TPSA) is 106 Å². The highest BCUT2D eigenvalue weighted by Gasteiger charge is 2.14. The molecule has 4 heterocycles. The van der Waals surface area contributed by atoms with Crippen molar-refractivity contribution < 1.29 is 4.79 Å². The fraction of sp³-hybridized carbons (Fsp3) is 0.174. The van der Waals surface area contributed by atoms with Gasteiger partial charge in [0.25, 0.3) is 5.56 Å². The minimum atomic E-state index is -0.274. The monoisotopic (exact) mass is 476 g/mol. The van der Waals surface area contributed by atoms with Crippen molar-refractivity contribution in [2.75, 3.05) is 5.32 Å². The van der Waals surface area contributed by atoms with E-state index in [2.05, 4.69) is 45.3 Å². The summed E-state index contributed by atoms with van der Waals surface area (Å²) in [6, 6.07) is 11.6. The van der Waals surface area contributed by atoms with Crippen LogP contribution in [0.15, 0.2) is 52.8 Å². The Morgan fingerprint density at radius 1 is 1.18 bits per heavy atom. The van der Waals surface area contributed by atoms with Gasteiger partial charge in [-0.3, -0.25) is 9.59 Å². The largest absolute Gasteiger partial charge is 0.310 e. The maximum atomic E-state index is 12.5. The van der Waals surface area contributed by atoms with Crippen LogP contribution in [0.1, 0.15) is 22.0 Å². The second-order valence-electron chi connectivity index (χ2n) is 7.55. The Morgan fingerprint density at radius 3 is 2.76 bits per heavy atom. The van der Waals surface area contributed by atoms with E-state index in [1.165, 1.54) is 27.3 Å². The van der Waals surface area contributed by atoms with E-state index in [0.717, 1.165) is 16.9 Å². The molecule has 4 aromatic heterocycles. The maximum absolute atomic E-state index is 12.5. The highest BCUT2D eigenvalue weighted by molar-refractivity contribution is 7.14. The zero-order valence-corrected chi connectivity index (χ0v) is 19.6. The van der Waals surface area contributed by atoms with Crippen LogP contribution in [0.5, 0.6) is 0 Å². The Morgan fingerprint density at radius 2 is 2.00 bits per heavy atom. The zero-order chi connectivity index (χ0) is 22.9. The minimum absolute atomic E-state index is 0.166. The van der Waals surface area contributed by atoms with Gasteiger partial charge < -0.3 is 10.3 Å². The average molecular weight is 477 g/mol. The second-order valence-corrected chi connectivity index (χ2v) is 9.87. The Labute approximate surface area is 197 Å². The molecular formula is C23H20N6O2S2. The van der Waals surface area contributed by atoms with Gasteiger partial charge in [0.2, 0.25) is 5.91 Å². The van der Waals surface area contributed by atoms with Crippen LogP contribution in [-0.2, 0) is 11.2 Å². The molecule has 0 saturated heterocycles. The molecule has 0 radical (unpaired) electrons. The molecule has 0 spiro atoms. The number of nitrogens with one attached hydrogen (secondary N) is 2. The molecular weight excluding hydrogens is 456 g/mol. The van der Waals surface area contributed by atoms with E-state index in [-0.39, 0.29) is 24.3 Å². The summed E-state index contributed by atoms with van der Waals surface area (Å²) in [4.78, 5) is 39.3. The normalized spacial score (nSPS) is 11.2. The smallest absolute Gasteiger partial charge is 0.262 e. The standard InChI is InChI=1S/C23H20N6O2S2/c1-13-10-16(14(2)33-13)18-12-32-23(25-18)28-20(30)9-8-19-26-21-17(22(31)27-19)11-24-29(21)15-6-4-3-5-7-15/h3-7,10-12H,8-9H2,1-2H3,(H,25,28,30)(H,26,27,31). The third-order valence-electron chi connectivity index (χ3n) is 5.14. The first kappa shape index (κ1) is 21.2. The van der Waals surface area contributed by atoms with Gasteiger partial charge in [-0.15, -0.1) is 22.7 Å². The zero-order valence-electron chi connectivity index (χ0n) is 18.0. The number of carbonyl (C=O) groups is 1. The number of nitrogens with zero attached hydrogens (tertiary/aromatic N) is 4. The van der Waals surface area contributed by atoms with Crippen molar-refractivity contribution in [3.63, 3.8) is 0 Å². The number of para-hydroxylation sites is 1. The van der Waals surface area contributed by atoms with Crippen molar-refractivity contribution in [3.05, 3.63) is 73.9 Å². The number of aromatic amines is 1. The first-order valence-corrected chi connectivity index (χ1v) is 12.0. The molecule has 5 aromatic rings. The van der Waals surface area contributed by atoms with Gasteiger partial charge in [0, 0.05) is 33.5 Å². The van der Waals surface area contributed by atoms with E-state index < -0.39 is 0 Å². The molecule has 0 atom stereocenters. The fourth-order valence-electron chi connectivity index (χ4n) is 3.59. The van der Waals surface area contributed by atoms with Gasteiger partial charge >= 0.3 is 0 Å². The lowest BCUT2D eigenvalue weighted by Crippen LogP contribution is -2.16. The van der Waals surface area contributed by atoms with Crippen molar-refractivity contribution in [1.29, 1.82) is 0 Å². The highest BCUT2D eigenvalue weighted by Crippen LogP contribution is 2.32. The SMILES string of the molecule is Cc1cc(-c2csc(NC(=O)CCc3nc4c(cnn4-c4ccccc4)c(=O)[nH]3)n2)c(C)s1. The molecule has 8 nitrogen and oxygen atoms in total. The van der Waals surface area contributed by atoms with Crippen molar-refractivity contribution in [1.82, 2.24) is 24.7 Å². The van der Waals surface area contributed by atoms with Gasteiger partial charge in [-0.2, -0.15) is 5.10 Å². The van der Waals surface area contributed by atoms with Crippen LogP contribution in [0.25, 0.3) is 28.0 Å². The summed E-state index contributed by atoms with van der Waals surface area (Å²) in [5, 5.41) is 10.1. The summed E-state index contributed by atoms with van der Waals surface area (Å²) < 4.78 is 1.62. The number of thiophene rings is 1. The highest BCUT2D eigenvalue weighted by atomic mass is 32.1. The Balaban J connectivity index is 1.29. The van der Waals surface area contributed by atoms with Gasteiger partial charge in [-0.1, -0.05) is 18.2 Å². The number of carbonyl (C=O) groups excluding carboxylic acids is 1. The Hall–Kier alpha value is -3.63. The Bertz CT molecular complexity index is 1510. The fourth-order valence-corrected chi connectivity index (χ4v) is 5.25. The van der Waals surface area contributed by atoms with Gasteiger partial charge in [-0.25, -0.2) is 14.6 Å². The summed E-state index contributed by atoms with van der Waals surface area (Å²) in [6.07, 6.45) is 1.96. The molecule has 1 aromatic carbocycles. The number of hydrogen-bond donors (Lipinski definition) is 2. The predicted octanol–water partition coefficient (Wildman–Crippen LogP) is 4.48. The van der Waals surface area contributed by atoms with E-state index in [4.69, 9.17) is 0 Å². The van der Waals surface area contributed by atoms with E-state index in [1.54, 1.807) is 16.0 Å². The second kappa shape index (κ2) is 8.72. The lowest BCUT2D eigenvalue weighted by Gasteiger charge is -2.05. The van der Waals surface area contributed by atoms with Crippen LogP contribution in [-0.4, -0.2) is 30.6 Å². The Kier molecular flexibility index (Phi) is 5.61. The van der Waals surface area contributed by atoms with Crippen molar-refractivity contribution in [2.45, 2.75) is 26.7 Å². The van der Waals surface area contributed by atoms with Gasteiger partial charge in [-0.05, 0) is 32.0 Å². The number of aryl methyl sites for hydroxylation is 3. The van der Waals surface area contributed by atoms with Crippen molar-refractivity contribution >= 4 is 44.7 Å². The van der Waals surface area contributed by atoms with Gasteiger partial charge in [0.15, 0.2) is 10.8 Å². The molecule has 0 saturated carbocycles. The molecule has 0 aliphatic heterocycles. The molecule has 33 heavy (non-hydrogen) atoms. The molecule has 166 valence electrons.